The van der Waals surface area contributed by atoms with Crippen LogP contribution in [0.3, 0.4) is 0 Å². The maximum absolute atomic E-state index is 12.6. The van der Waals surface area contributed by atoms with Crippen LogP contribution in [0.15, 0.2) is 41.7 Å². The van der Waals surface area contributed by atoms with Crippen LogP contribution in [0.1, 0.15) is 16.7 Å². The maximum Gasteiger partial charge on any atom is 0.416 e. The van der Waals surface area contributed by atoms with Gasteiger partial charge >= 0.3 is 6.18 Å². The molecule has 5 nitrogen and oxygen atoms in total. The SMILES string of the molecule is CN=C(NCCc1cnn(C)c1)N(C)Cc1ccc(C(F)(F)F)cc1. The Kier molecular flexibility index (Phi) is 6.06. The lowest BCUT2D eigenvalue weighted by Crippen LogP contribution is -2.39. The molecule has 2 aromatic rings. The summed E-state index contributed by atoms with van der Waals surface area (Å²) in [6, 6.07) is 5.17. The molecule has 0 saturated carbocycles. The van der Waals surface area contributed by atoms with Gasteiger partial charge < -0.3 is 10.2 Å². The Balaban J connectivity index is 1.88. The van der Waals surface area contributed by atoms with E-state index in [9.17, 15) is 13.2 Å². The second-order valence-corrected chi connectivity index (χ2v) is 5.80. The normalized spacial score (nSPS) is 12.3. The fraction of sp³-hybridized carbons (Fsp3) is 0.412. The molecule has 1 N–H and O–H groups in total. The first-order valence-corrected chi connectivity index (χ1v) is 7.85. The first-order valence-electron chi connectivity index (χ1n) is 7.85. The minimum Gasteiger partial charge on any atom is -0.356 e. The van der Waals surface area contributed by atoms with E-state index in [2.05, 4.69) is 15.4 Å². The predicted molar refractivity (Wildman–Crippen MR) is 91.2 cm³/mol. The molecule has 0 fully saturated rings. The molecule has 0 aliphatic carbocycles. The van der Waals surface area contributed by atoms with Crippen molar-refractivity contribution >= 4 is 5.96 Å². The van der Waals surface area contributed by atoms with Crippen molar-refractivity contribution in [2.75, 3.05) is 20.6 Å². The maximum atomic E-state index is 12.6. The van der Waals surface area contributed by atoms with Gasteiger partial charge in [0.25, 0.3) is 0 Å². The third-order valence-corrected chi connectivity index (χ3v) is 3.73. The monoisotopic (exact) mass is 353 g/mol. The number of guanidine groups is 1. The van der Waals surface area contributed by atoms with Crippen molar-refractivity contribution in [1.82, 2.24) is 20.0 Å². The Morgan fingerprint density at radius 3 is 2.44 bits per heavy atom. The lowest BCUT2D eigenvalue weighted by molar-refractivity contribution is -0.137. The molecular formula is C17H22F3N5. The quantitative estimate of drug-likeness (QED) is 0.664. The molecule has 1 heterocycles. The molecule has 0 unspecified atom stereocenters. The molecular weight excluding hydrogens is 331 g/mol. The second-order valence-electron chi connectivity index (χ2n) is 5.80. The van der Waals surface area contributed by atoms with E-state index in [-0.39, 0.29) is 0 Å². The third-order valence-electron chi connectivity index (χ3n) is 3.73. The van der Waals surface area contributed by atoms with E-state index in [0.29, 0.717) is 19.0 Å². The van der Waals surface area contributed by atoms with Gasteiger partial charge in [0.05, 0.1) is 11.8 Å². The highest BCUT2D eigenvalue weighted by atomic mass is 19.4. The van der Waals surface area contributed by atoms with E-state index in [1.807, 2.05) is 31.4 Å². The first kappa shape index (κ1) is 18.8. The van der Waals surface area contributed by atoms with Crippen molar-refractivity contribution in [2.45, 2.75) is 19.1 Å². The van der Waals surface area contributed by atoms with Gasteiger partial charge in [0.15, 0.2) is 5.96 Å². The Labute approximate surface area is 145 Å². The number of aryl methyl sites for hydroxylation is 1. The van der Waals surface area contributed by atoms with Gasteiger partial charge in [-0.25, -0.2) is 0 Å². The number of alkyl halides is 3. The molecule has 0 spiro atoms. The molecule has 0 bridgehead atoms. The largest absolute Gasteiger partial charge is 0.416 e. The molecule has 0 aliphatic heterocycles. The Bertz CT molecular complexity index is 704. The summed E-state index contributed by atoms with van der Waals surface area (Å²) in [5.74, 6) is 0.684. The van der Waals surface area contributed by atoms with Gasteiger partial charge in [-0.15, -0.1) is 0 Å². The lowest BCUT2D eigenvalue weighted by atomic mass is 10.1. The van der Waals surface area contributed by atoms with Crippen LogP contribution in [0.5, 0.6) is 0 Å². The van der Waals surface area contributed by atoms with Crippen LogP contribution in [0, 0.1) is 0 Å². The van der Waals surface area contributed by atoms with Crippen LogP contribution in [-0.2, 0) is 26.2 Å². The summed E-state index contributed by atoms with van der Waals surface area (Å²) in [5, 5.41) is 7.36. The van der Waals surface area contributed by atoms with E-state index >= 15 is 0 Å². The van der Waals surface area contributed by atoms with Gasteiger partial charge in [-0.2, -0.15) is 18.3 Å². The number of aromatic nitrogens is 2. The van der Waals surface area contributed by atoms with Crippen molar-refractivity contribution in [3.8, 4) is 0 Å². The first-order chi connectivity index (χ1) is 11.8. The van der Waals surface area contributed by atoms with Crippen LogP contribution < -0.4 is 5.32 Å². The number of halogens is 3. The van der Waals surface area contributed by atoms with Crippen LogP contribution in [0.25, 0.3) is 0 Å². The summed E-state index contributed by atoms with van der Waals surface area (Å²) in [7, 11) is 5.39. The number of rotatable bonds is 5. The molecule has 136 valence electrons. The number of aliphatic imine (C=N–C) groups is 1. The van der Waals surface area contributed by atoms with Gasteiger partial charge in [-0.3, -0.25) is 9.67 Å². The number of benzene rings is 1. The molecule has 0 saturated heterocycles. The lowest BCUT2D eigenvalue weighted by Gasteiger charge is -2.22. The molecule has 2 rings (SSSR count). The molecule has 8 heteroatoms. The van der Waals surface area contributed by atoms with Crippen LogP contribution in [-0.4, -0.2) is 41.3 Å². The molecule has 0 aliphatic rings. The van der Waals surface area contributed by atoms with E-state index in [4.69, 9.17) is 0 Å². The zero-order valence-electron chi connectivity index (χ0n) is 14.5. The standard InChI is InChI=1S/C17H22F3N5/c1-21-16(22-9-8-14-10-23-25(3)12-14)24(2)11-13-4-6-15(7-5-13)17(18,19)20/h4-7,10,12H,8-9,11H2,1-3H3,(H,21,22). The van der Waals surface area contributed by atoms with Crippen LogP contribution in [0.2, 0.25) is 0 Å². The van der Waals surface area contributed by atoms with Crippen LogP contribution in [0.4, 0.5) is 13.2 Å². The fourth-order valence-corrected chi connectivity index (χ4v) is 2.45. The highest BCUT2D eigenvalue weighted by Gasteiger charge is 2.29. The van der Waals surface area contributed by atoms with Gasteiger partial charge in [0.1, 0.15) is 0 Å². The molecule has 0 atom stereocenters. The summed E-state index contributed by atoms with van der Waals surface area (Å²) in [6.45, 7) is 1.15. The molecule has 1 aromatic carbocycles. The smallest absolute Gasteiger partial charge is 0.356 e. The Hall–Kier alpha value is -2.51. The van der Waals surface area contributed by atoms with Gasteiger partial charge in [-0.05, 0) is 29.7 Å². The summed E-state index contributed by atoms with van der Waals surface area (Å²) >= 11 is 0. The number of nitrogens with one attached hydrogen (secondary N) is 1. The van der Waals surface area contributed by atoms with Crippen molar-refractivity contribution in [3.05, 3.63) is 53.3 Å². The van der Waals surface area contributed by atoms with Crippen molar-refractivity contribution in [1.29, 1.82) is 0 Å². The van der Waals surface area contributed by atoms with E-state index in [1.54, 1.807) is 11.7 Å². The highest BCUT2D eigenvalue weighted by molar-refractivity contribution is 5.79. The van der Waals surface area contributed by atoms with Crippen LogP contribution >= 0.6 is 0 Å². The molecule has 25 heavy (non-hydrogen) atoms. The second kappa shape index (κ2) is 8.04. The summed E-state index contributed by atoms with van der Waals surface area (Å²) in [5.41, 5.74) is 1.26. The topological polar surface area (TPSA) is 45.5 Å². The van der Waals surface area contributed by atoms with Crippen molar-refractivity contribution in [2.24, 2.45) is 12.0 Å². The average molecular weight is 353 g/mol. The molecule has 1 aromatic heterocycles. The summed E-state index contributed by atoms with van der Waals surface area (Å²) < 4.78 is 39.6. The average Bonchev–Trinajstić information content (AvgIpc) is 2.96. The molecule has 0 amide bonds. The van der Waals surface area contributed by atoms with Crippen molar-refractivity contribution < 1.29 is 13.2 Å². The summed E-state index contributed by atoms with van der Waals surface area (Å²) in [6.07, 6.45) is 0.266. The zero-order chi connectivity index (χ0) is 18.4. The Morgan fingerprint density at radius 2 is 1.92 bits per heavy atom. The van der Waals surface area contributed by atoms with E-state index in [0.717, 1.165) is 29.7 Å². The van der Waals surface area contributed by atoms with Gasteiger partial charge in [-0.1, -0.05) is 12.1 Å². The summed E-state index contributed by atoms with van der Waals surface area (Å²) in [4.78, 5) is 6.07. The Morgan fingerprint density at radius 1 is 1.24 bits per heavy atom. The number of nitrogens with zero attached hydrogens (tertiary/aromatic N) is 4. The van der Waals surface area contributed by atoms with Gasteiger partial charge in [0.2, 0.25) is 0 Å². The minimum absolute atomic E-state index is 0.463. The number of hydrogen-bond donors (Lipinski definition) is 1. The third kappa shape index (κ3) is 5.51. The van der Waals surface area contributed by atoms with Crippen molar-refractivity contribution in [3.63, 3.8) is 0 Å². The van der Waals surface area contributed by atoms with Gasteiger partial charge in [0, 0.05) is 40.4 Å². The zero-order valence-corrected chi connectivity index (χ0v) is 14.5. The minimum atomic E-state index is -4.31. The van der Waals surface area contributed by atoms with E-state index < -0.39 is 11.7 Å². The fourth-order valence-electron chi connectivity index (χ4n) is 2.45. The molecule has 0 radical (unpaired) electrons. The predicted octanol–water partition coefficient (Wildman–Crippen LogP) is 2.69. The highest BCUT2D eigenvalue weighted by Crippen LogP contribution is 2.29. The number of hydrogen-bond acceptors (Lipinski definition) is 2. The van der Waals surface area contributed by atoms with E-state index in [1.165, 1.54) is 12.1 Å².